The highest BCUT2D eigenvalue weighted by Crippen LogP contribution is 2.12. The summed E-state index contributed by atoms with van der Waals surface area (Å²) < 4.78 is 0. The van der Waals surface area contributed by atoms with Gasteiger partial charge in [-0.15, -0.1) is 0 Å². The first-order valence-electron chi connectivity index (χ1n) is 5.44. The molecule has 0 aliphatic carbocycles. The molecule has 0 aliphatic heterocycles. The number of rotatable bonds is 4. The van der Waals surface area contributed by atoms with Crippen molar-refractivity contribution in [3.8, 4) is 0 Å². The molecule has 0 rings (SSSR count). The van der Waals surface area contributed by atoms with Gasteiger partial charge in [-0.05, 0) is 34.1 Å². The fraction of sp³-hybridized carbons (Fsp3) is 0.818. The first-order chi connectivity index (χ1) is 7.10. The Balaban J connectivity index is 4.53. The van der Waals surface area contributed by atoms with Crippen molar-refractivity contribution in [2.45, 2.75) is 58.5 Å². The van der Waals surface area contributed by atoms with Crippen LogP contribution in [0.5, 0.6) is 0 Å². The van der Waals surface area contributed by atoms with Gasteiger partial charge in [0.25, 0.3) is 0 Å². The summed E-state index contributed by atoms with van der Waals surface area (Å²) in [7, 11) is 0. The molecule has 94 valence electrons. The normalized spacial score (nSPS) is 15.1. The number of hydrogen-bond donors (Lipinski definition) is 3. The van der Waals surface area contributed by atoms with Gasteiger partial charge >= 0.3 is 12.0 Å². The minimum Gasteiger partial charge on any atom is -0.480 e. The average molecular weight is 230 g/mol. The Kier molecular flexibility index (Phi) is 4.78. The van der Waals surface area contributed by atoms with Crippen LogP contribution >= 0.6 is 0 Å². The molecule has 0 radical (unpaired) electrons. The molecule has 0 spiro atoms. The van der Waals surface area contributed by atoms with Crippen molar-refractivity contribution in [1.82, 2.24) is 10.6 Å². The van der Waals surface area contributed by atoms with Crippen molar-refractivity contribution < 1.29 is 14.7 Å². The molecule has 5 heteroatoms. The number of amides is 2. The first kappa shape index (κ1) is 14.7. The van der Waals surface area contributed by atoms with E-state index in [9.17, 15) is 9.59 Å². The SMILES string of the molecule is CCCC(C)(NC(=O)NC(C)(C)C)C(=O)O. The summed E-state index contributed by atoms with van der Waals surface area (Å²) in [6.07, 6.45) is 1.10. The fourth-order valence-electron chi connectivity index (χ4n) is 1.35. The van der Waals surface area contributed by atoms with Crippen LogP contribution in [0, 0.1) is 0 Å². The zero-order chi connectivity index (χ0) is 13.0. The number of carboxylic acids is 1. The lowest BCUT2D eigenvalue weighted by Gasteiger charge is -2.28. The Morgan fingerprint density at radius 1 is 1.12 bits per heavy atom. The third-order valence-corrected chi connectivity index (χ3v) is 2.10. The van der Waals surface area contributed by atoms with Gasteiger partial charge in [0.05, 0.1) is 0 Å². The van der Waals surface area contributed by atoms with Gasteiger partial charge in [0.15, 0.2) is 0 Å². The zero-order valence-electron chi connectivity index (χ0n) is 10.7. The van der Waals surface area contributed by atoms with Crippen molar-refractivity contribution in [3.05, 3.63) is 0 Å². The van der Waals surface area contributed by atoms with Gasteiger partial charge < -0.3 is 15.7 Å². The maximum absolute atomic E-state index is 11.6. The van der Waals surface area contributed by atoms with E-state index in [2.05, 4.69) is 10.6 Å². The lowest BCUT2D eigenvalue weighted by molar-refractivity contribution is -0.144. The number of nitrogens with one attached hydrogen (secondary N) is 2. The highest BCUT2D eigenvalue weighted by molar-refractivity contribution is 5.86. The number of hydrogen-bond acceptors (Lipinski definition) is 2. The van der Waals surface area contributed by atoms with Crippen LogP contribution in [-0.4, -0.2) is 28.2 Å². The molecule has 0 bridgehead atoms. The van der Waals surface area contributed by atoms with Gasteiger partial charge in [-0.3, -0.25) is 0 Å². The summed E-state index contributed by atoms with van der Waals surface area (Å²) in [4.78, 5) is 22.6. The quantitative estimate of drug-likeness (QED) is 0.688. The number of carbonyl (C=O) groups excluding carboxylic acids is 1. The van der Waals surface area contributed by atoms with Crippen LogP contribution in [0.4, 0.5) is 4.79 Å². The summed E-state index contributed by atoms with van der Waals surface area (Å²) >= 11 is 0. The van der Waals surface area contributed by atoms with E-state index < -0.39 is 17.5 Å². The van der Waals surface area contributed by atoms with Crippen molar-refractivity contribution in [2.75, 3.05) is 0 Å². The van der Waals surface area contributed by atoms with Gasteiger partial charge in [0.1, 0.15) is 5.54 Å². The Morgan fingerprint density at radius 2 is 1.62 bits per heavy atom. The lowest BCUT2D eigenvalue weighted by Crippen LogP contribution is -2.57. The molecule has 5 nitrogen and oxygen atoms in total. The van der Waals surface area contributed by atoms with Gasteiger partial charge in [-0.1, -0.05) is 13.3 Å². The molecule has 0 heterocycles. The highest BCUT2D eigenvalue weighted by atomic mass is 16.4. The Labute approximate surface area is 96.6 Å². The molecule has 0 fully saturated rings. The third kappa shape index (κ3) is 5.00. The summed E-state index contributed by atoms with van der Waals surface area (Å²) in [5, 5.41) is 14.2. The Hall–Kier alpha value is -1.26. The predicted octanol–water partition coefficient (Wildman–Crippen LogP) is 1.73. The second kappa shape index (κ2) is 5.18. The van der Waals surface area contributed by atoms with E-state index >= 15 is 0 Å². The Morgan fingerprint density at radius 3 is 1.94 bits per heavy atom. The summed E-state index contributed by atoms with van der Waals surface area (Å²) in [6.45, 7) is 8.91. The van der Waals surface area contributed by atoms with Crippen LogP contribution in [0.3, 0.4) is 0 Å². The molecule has 0 aromatic carbocycles. The van der Waals surface area contributed by atoms with Crippen LogP contribution in [0.1, 0.15) is 47.5 Å². The van der Waals surface area contributed by atoms with Crippen molar-refractivity contribution >= 4 is 12.0 Å². The van der Waals surface area contributed by atoms with Crippen LogP contribution < -0.4 is 10.6 Å². The van der Waals surface area contributed by atoms with Gasteiger partial charge in [0, 0.05) is 5.54 Å². The zero-order valence-corrected chi connectivity index (χ0v) is 10.7. The number of urea groups is 1. The van der Waals surface area contributed by atoms with Crippen LogP contribution in [-0.2, 0) is 4.79 Å². The average Bonchev–Trinajstić information content (AvgIpc) is 1.99. The molecular weight excluding hydrogens is 208 g/mol. The largest absolute Gasteiger partial charge is 0.480 e. The van der Waals surface area contributed by atoms with Crippen molar-refractivity contribution in [2.24, 2.45) is 0 Å². The van der Waals surface area contributed by atoms with Crippen LogP contribution in [0.25, 0.3) is 0 Å². The van der Waals surface area contributed by atoms with Gasteiger partial charge in [0.2, 0.25) is 0 Å². The van der Waals surface area contributed by atoms with Crippen LogP contribution in [0.15, 0.2) is 0 Å². The van der Waals surface area contributed by atoms with E-state index in [4.69, 9.17) is 5.11 Å². The number of aliphatic carboxylic acids is 1. The van der Waals surface area contributed by atoms with Crippen LogP contribution in [0.2, 0.25) is 0 Å². The first-order valence-corrected chi connectivity index (χ1v) is 5.44. The molecule has 0 aromatic rings. The number of carbonyl (C=O) groups is 2. The van der Waals surface area contributed by atoms with E-state index in [-0.39, 0.29) is 5.54 Å². The third-order valence-electron chi connectivity index (χ3n) is 2.10. The molecule has 0 saturated heterocycles. The molecule has 0 saturated carbocycles. The topological polar surface area (TPSA) is 78.4 Å². The minimum absolute atomic E-state index is 0.379. The smallest absolute Gasteiger partial charge is 0.329 e. The molecule has 3 N–H and O–H groups in total. The molecule has 2 amide bonds. The maximum Gasteiger partial charge on any atom is 0.329 e. The van der Waals surface area contributed by atoms with E-state index in [1.54, 1.807) is 0 Å². The van der Waals surface area contributed by atoms with E-state index in [1.807, 2.05) is 27.7 Å². The molecule has 0 aromatic heterocycles. The summed E-state index contributed by atoms with van der Waals surface area (Å²) in [5.41, 5.74) is -1.58. The minimum atomic E-state index is -1.20. The standard InChI is InChI=1S/C11H22N2O3/c1-6-7-11(5,8(14)15)13-9(16)12-10(2,3)4/h6-7H2,1-5H3,(H,14,15)(H2,12,13,16). The van der Waals surface area contributed by atoms with E-state index in [0.717, 1.165) is 0 Å². The second-order valence-electron chi connectivity index (χ2n) is 5.22. The van der Waals surface area contributed by atoms with Gasteiger partial charge in [-0.2, -0.15) is 0 Å². The monoisotopic (exact) mass is 230 g/mol. The summed E-state index contributed by atoms with van der Waals surface area (Å²) in [6, 6.07) is -0.453. The predicted molar refractivity (Wildman–Crippen MR) is 62.4 cm³/mol. The van der Waals surface area contributed by atoms with Crippen molar-refractivity contribution in [3.63, 3.8) is 0 Å². The molecular formula is C11H22N2O3. The molecule has 1 atom stereocenters. The summed E-state index contributed by atoms with van der Waals surface area (Å²) in [5.74, 6) is -1.02. The van der Waals surface area contributed by atoms with Gasteiger partial charge in [-0.25, -0.2) is 9.59 Å². The Bertz CT molecular complexity index is 271. The fourth-order valence-corrected chi connectivity index (χ4v) is 1.35. The lowest BCUT2D eigenvalue weighted by atomic mass is 9.96. The second-order valence-corrected chi connectivity index (χ2v) is 5.22. The van der Waals surface area contributed by atoms with E-state index in [1.165, 1.54) is 6.92 Å². The molecule has 16 heavy (non-hydrogen) atoms. The van der Waals surface area contributed by atoms with Crippen molar-refractivity contribution in [1.29, 1.82) is 0 Å². The maximum atomic E-state index is 11.6. The molecule has 0 aliphatic rings. The highest BCUT2D eigenvalue weighted by Gasteiger charge is 2.34. The number of carboxylic acid groups (broad SMARTS) is 1. The van der Waals surface area contributed by atoms with E-state index in [0.29, 0.717) is 12.8 Å². The molecule has 1 unspecified atom stereocenters.